The van der Waals surface area contributed by atoms with E-state index < -0.39 is 10.0 Å². The smallest absolute Gasteiger partial charge is 0.241 e. The van der Waals surface area contributed by atoms with Crippen LogP contribution in [0.5, 0.6) is 0 Å². The molecular weight excluding hydrogens is 284 g/mol. The molecular formula is C12H22N2O3S2. The molecule has 110 valence electrons. The molecule has 19 heavy (non-hydrogen) atoms. The third kappa shape index (κ3) is 5.58. The van der Waals surface area contributed by atoms with Crippen molar-refractivity contribution in [1.29, 1.82) is 0 Å². The standard InChI is InChI=1S/C12H22N2O3S2/c1-10(2)9-17-6-5-14-19(15,16)12-4-7-18-11(12)8-13-3/h4,7,10,13-14H,5-6,8-9H2,1-3H3. The summed E-state index contributed by atoms with van der Waals surface area (Å²) in [5, 5.41) is 4.75. The van der Waals surface area contributed by atoms with E-state index in [-0.39, 0.29) is 0 Å². The van der Waals surface area contributed by atoms with E-state index in [1.165, 1.54) is 11.3 Å². The topological polar surface area (TPSA) is 67.4 Å². The average Bonchev–Trinajstić information content (AvgIpc) is 2.77. The van der Waals surface area contributed by atoms with Gasteiger partial charge in [0.05, 0.1) is 11.5 Å². The molecule has 0 aromatic carbocycles. The van der Waals surface area contributed by atoms with E-state index >= 15 is 0 Å². The summed E-state index contributed by atoms with van der Waals surface area (Å²) in [6.45, 7) is 5.99. The number of hydrogen-bond acceptors (Lipinski definition) is 5. The Balaban J connectivity index is 2.49. The maximum Gasteiger partial charge on any atom is 0.241 e. The van der Waals surface area contributed by atoms with E-state index in [4.69, 9.17) is 4.74 Å². The molecule has 0 amide bonds. The van der Waals surface area contributed by atoms with Gasteiger partial charge in [-0.05, 0) is 24.4 Å². The molecule has 0 unspecified atom stereocenters. The molecule has 2 N–H and O–H groups in total. The summed E-state index contributed by atoms with van der Waals surface area (Å²) in [4.78, 5) is 1.17. The Morgan fingerprint density at radius 2 is 2.16 bits per heavy atom. The van der Waals surface area contributed by atoms with Crippen molar-refractivity contribution in [2.75, 3.05) is 26.8 Å². The van der Waals surface area contributed by atoms with Crippen LogP contribution in [-0.4, -0.2) is 35.2 Å². The summed E-state index contributed by atoms with van der Waals surface area (Å²) in [6, 6.07) is 1.63. The number of ether oxygens (including phenoxy) is 1. The van der Waals surface area contributed by atoms with Crippen LogP contribution in [0.25, 0.3) is 0 Å². The third-order valence-corrected chi connectivity index (χ3v) is 4.92. The monoisotopic (exact) mass is 306 g/mol. The highest BCUT2D eigenvalue weighted by molar-refractivity contribution is 7.89. The van der Waals surface area contributed by atoms with Crippen LogP contribution in [0.15, 0.2) is 16.3 Å². The normalized spacial score (nSPS) is 12.2. The second kappa shape index (κ2) is 7.96. The zero-order valence-electron chi connectivity index (χ0n) is 11.6. The molecule has 1 heterocycles. The van der Waals surface area contributed by atoms with Gasteiger partial charge in [0.25, 0.3) is 0 Å². The average molecular weight is 306 g/mol. The highest BCUT2D eigenvalue weighted by Gasteiger charge is 2.18. The first-order valence-corrected chi connectivity index (χ1v) is 8.62. The fourth-order valence-corrected chi connectivity index (χ4v) is 3.97. The van der Waals surface area contributed by atoms with Gasteiger partial charge < -0.3 is 10.1 Å². The summed E-state index contributed by atoms with van der Waals surface area (Å²) in [6.07, 6.45) is 0. The van der Waals surface area contributed by atoms with Gasteiger partial charge in [0, 0.05) is 24.6 Å². The molecule has 0 saturated carbocycles. The van der Waals surface area contributed by atoms with E-state index in [1.807, 2.05) is 0 Å². The highest BCUT2D eigenvalue weighted by Crippen LogP contribution is 2.21. The van der Waals surface area contributed by atoms with Gasteiger partial charge in [-0.1, -0.05) is 13.8 Å². The van der Waals surface area contributed by atoms with Gasteiger partial charge in [-0.15, -0.1) is 11.3 Å². The lowest BCUT2D eigenvalue weighted by molar-refractivity contribution is 0.114. The van der Waals surface area contributed by atoms with Crippen molar-refractivity contribution in [3.63, 3.8) is 0 Å². The van der Waals surface area contributed by atoms with E-state index in [1.54, 1.807) is 18.5 Å². The first-order valence-electron chi connectivity index (χ1n) is 6.25. The summed E-state index contributed by atoms with van der Waals surface area (Å²) in [5.41, 5.74) is 0. The maximum absolute atomic E-state index is 12.1. The van der Waals surface area contributed by atoms with Crippen molar-refractivity contribution < 1.29 is 13.2 Å². The van der Waals surface area contributed by atoms with Crippen LogP contribution in [0.4, 0.5) is 0 Å². The Bertz CT molecular complexity index is 469. The Morgan fingerprint density at radius 1 is 1.42 bits per heavy atom. The van der Waals surface area contributed by atoms with Gasteiger partial charge in [0.15, 0.2) is 0 Å². The number of rotatable bonds is 9. The molecule has 0 saturated heterocycles. The Hall–Kier alpha value is -0.470. The molecule has 0 aliphatic rings. The van der Waals surface area contributed by atoms with E-state index in [9.17, 15) is 8.42 Å². The van der Waals surface area contributed by atoms with E-state index in [0.29, 0.717) is 37.1 Å². The summed E-state index contributed by atoms with van der Waals surface area (Å²) in [5.74, 6) is 0.454. The minimum atomic E-state index is -3.43. The molecule has 0 aliphatic heterocycles. The molecule has 0 bridgehead atoms. The van der Waals surface area contributed by atoms with Crippen LogP contribution in [0, 0.1) is 5.92 Å². The van der Waals surface area contributed by atoms with Crippen LogP contribution in [-0.2, 0) is 21.3 Å². The van der Waals surface area contributed by atoms with Gasteiger partial charge in [0.1, 0.15) is 0 Å². The second-order valence-electron chi connectivity index (χ2n) is 4.60. The van der Waals surface area contributed by atoms with Crippen molar-refractivity contribution in [3.05, 3.63) is 16.3 Å². The maximum atomic E-state index is 12.1. The van der Waals surface area contributed by atoms with Crippen LogP contribution >= 0.6 is 11.3 Å². The van der Waals surface area contributed by atoms with Crippen LogP contribution in [0.2, 0.25) is 0 Å². The number of thiophene rings is 1. The fourth-order valence-electron chi connectivity index (χ4n) is 1.50. The lowest BCUT2D eigenvalue weighted by Crippen LogP contribution is -2.28. The predicted octanol–water partition coefficient (Wildman–Crippen LogP) is 1.42. The first kappa shape index (κ1) is 16.6. The Labute approximate surface area is 119 Å². The fraction of sp³-hybridized carbons (Fsp3) is 0.667. The lowest BCUT2D eigenvalue weighted by Gasteiger charge is -2.09. The molecule has 0 spiro atoms. The van der Waals surface area contributed by atoms with Gasteiger partial charge >= 0.3 is 0 Å². The van der Waals surface area contributed by atoms with Crippen molar-refractivity contribution in [1.82, 2.24) is 10.0 Å². The third-order valence-electron chi connectivity index (χ3n) is 2.32. The predicted molar refractivity (Wildman–Crippen MR) is 77.9 cm³/mol. The summed E-state index contributed by atoms with van der Waals surface area (Å²) < 4.78 is 32.1. The van der Waals surface area contributed by atoms with Gasteiger partial charge in [0.2, 0.25) is 10.0 Å². The molecule has 0 aliphatic carbocycles. The van der Waals surface area contributed by atoms with Crippen molar-refractivity contribution in [2.45, 2.75) is 25.3 Å². The summed E-state index contributed by atoms with van der Waals surface area (Å²) >= 11 is 1.44. The molecule has 0 atom stereocenters. The summed E-state index contributed by atoms with van der Waals surface area (Å²) in [7, 11) is -1.64. The largest absolute Gasteiger partial charge is 0.380 e. The van der Waals surface area contributed by atoms with Crippen molar-refractivity contribution in [2.24, 2.45) is 5.92 Å². The van der Waals surface area contributed by atoms with E-state index in [2.05, 4.69) is 23.9 Å². The second-order valence-corrected chi connectivity index (χ2v) is 7.34. The molecule has 1 aromatic rings. The van der Waals surface area contributed by atoms with Gasteiger partial charge in [-0.3, -0.25) is 0 Å². The quantitative estimate of drug-likeness (QED) is 0.677. The number of sulfonamides is 1. The van der Waals surface area contributed by atoms with Crippen LogP contribution < -0.4 is 10.0 Å². The van der Waals surface area contributed by atoms with Crippen molar-refractivity contribution in [3.8, 4) is 0 Å². The van der Waals surface area contributed by atoms with Crippen LogP contribution in [0.3, 0.4) is 0 Å². The zero-order valence-corrected chi connectivity index (χ0v) is 13.2. The van der Waals surface area contributed by atoms with Crippen molar-refractivity contribution >= 4 is 21.4 Å². The molecule has 1 rings (SSSR count). The van der Waals surface area contributed by atoms with E-state index in [0.717, 1.165) is 4.88 Å². The Kier molecular flexibility index (Phi) is 6.95. The SMILES string of the molecule is CNCc1sccc1S(=O)(=O)NCCOCC(C)C. The number of nitrogens with one attached hydrogen (secondary N) is 2. The Morgan fingerprint density at radius 3 is 2.79 bits per heavy atom. The van der Waals surface area contributed by atoms with Gasteiger partial charge in [-0.25, -0.2) is 13.1 Å². The molecule has 5 nitrogen and oxygen atoms in total. The molecule has 0 fully saturated rings. The van der Waals surface area contributed by atoms with Gasteiger partial charge in [-0.2, -0.15) is 0 Å². The molecule has 7 heteroatoms. The molecule has 1 aromatic heterocycles. The number of hydrogen-bond donors (Lipinski definition) is 2. The highest BCUT2D eigenvalue weighted by atomic mass is 32.2. The van der Waals surface area contributed by atoms with Crippen LogP contribution in [0.1, 0.15) is 18.7 Å². The zero-order chi connectivity index (χ0) is 14.3. The lowest BCUT2D eigenvalue weighted by atomic mass is 10.2. The minimum Gasteiger partial charge on any atom is -0.380 e. The first-order chi connectivity index (χ1) is 8.97. The minimum absolute atomic E-state index is 0.296. The molecule has 0 radical (unpaired) electrons.